The van der Waals surface area contributed by atoms with Crippen LogP contribution in [0.3, 0.4) is 0 Å². The number of para-hydroxylation sites is 1. The number of hydrogen-bond donors (Lipinski definition) is 1. The van der Waals surface area contributed by atoms with Crippen molar-refractivity contribution in [3.8, 4) is 5.75 Å². The molecule has 28 heavy (non-hydrogen) atoms. The maximum Gasteiger partial charge on any atom is 0.341 e. The highest BCUT2D eigenvalue weighted by Crippen LogP contribution is 2.35. The lowest BCUT2D eigenvalue weighted by atomic mass is 10.1. The number of carboxylic acids is 1. The first-order valence-electron chi connectivity index (χ1n) is 8.27. The van der Waals surface area contributed by atoms with Crippen LogP contribution in [0.5, 0.6) is 5.75 Å². The van der Waals surface area contributed by atoms with Gasteiger partial charge in [-0.3, -0.25) is 0 Å². The largest absolute Gasteiger partial charge is 0.482 e. The van der Waals surface area contributed by atoms with Crippen LogP contribution in [0, 0.1) is 0 Å². The van der Waals surface area contributed by atoms with E-state index < -0.39 is 22.6 Å². The van der Waals surface area contributed by atoms with Gasteiger partial charge in [0.2, 0.25) is 0 Å². The molecule has 4 aromatic rings. The van der Waals surface area contributed by atoms with Crippen molar-refractivity contribution in [2.24, 2.45) is 0 Å². The summed E-state index contributed by atoms with van der Waals surface area (Å²) in [6.07, 6.45) is 0. The maximum absolute atomic E-state index is 13.5. The van der Waals surface area contributed by atoms with E-state index in [1.165, 1.54) is 10.0 Å². The van der Waals surface area contributed by atoms with E-state index in [2.05, 4.69) is 15.9 Å². The predicted octanol–water partition coefficient (Wildman–Crippen LogP) is 4.26. The summed E-state index contributed by atoms with van der Waals surface area (Å²) in [6, 6.07) is 18.7. The van der Waals surface area contributed by atoms with E-state index >= 15 is 0 Å². The molecule has 1 aromatic heterocycles. The molecule has 0 radical (unpaired) electrons. The Labute approximate surface area is 169 Å². The summed E-state index contributed by atoms with van der Waals surface area (Å²) >= 11 is 3.32. The Hall–Kier alpha value is -2.84. The zero-order chi connectivity index (χ0) is 19.9. The van der Waals surface area contributed by atoms with Crippen molar-refractivity contribution in [1.82, 2.24) is 3.97 Å². The second-order valence-electron chi connectivity index (χ2n) is 6.08. The minimum atomic E-state index is -3.93. The molecule has 0 saturated carbocycles. The minimum absolute atomic E-state index is 0.134. The van der Waals surface area contributed by atoms with Gasteiger partial charge in [0, 0.05) is 21.3 Å². The fourth-order valence-electron chi connectivity index (χ4n) is 3.16. The van der Waals surface area contributed by atoms with Crippen molar-refractivity contribution in [2.45, 2.75) is 4.90 Å². The van der Waals surface area contributed by atoms with Gasteiger partial charge >= 0.3 is 5.97 Å². The van der Waals surface area contributed by atoms with E-state index in [1.54, 1.807) is 48.5 Å². The summed E-state index contributed by atoms with van der Waals surface area (Å²) < 4.78 is 34.0. The monoisotopic (exact) mass is 459 g/mol. The fraction of sp³-hybridized carbons (Fsp3) is 0.0500. The number of carboxylic acid groups (broad SMARTS) is 1. The van der Waals surface area contributed by atoms with Gasteiger partial charge in [-0.25, -0.2) is 17.2 Å². The third-order valence-corrected chi connectivity index (χ3v) is 7.06. The predicted molar refractivity (Wildman–Crippen MR) is 109 cm³/mol. The van der Waals surface area contributed by atoms with E-state index in [0.717, 1.165) is 10.8 Å². The molecule has 4 rings (SSSR count). The van der Waals surface area contributed by atoms with Gasteiger partial charge in [-0.15, -0.1) is 0 Å². The second kappa shape index (κ2) is 6.96. The van der Waals surface area contributed by atoms with Crippen molar-refractivity contribution >= 4 is 53.7 Å². The number of carbonyl (C=O) groups is 1. The number of aliphatic carboxylic acids is 1. The number of fused-ring (bicyclic) bond motifs is 3. The average Bonchev–Trinajstić information content (AvgIpc) is 3.01. The Morgan fingerprint density at radius 2 is 1.64 bits per heavy atom. The van der Waals surface area contributed by atoms with Crippen LogP contribution in [0.1, 0.15) is 0 Å². The first-order valence-corrected chi connectivity index (χ1v) is 10.5. The van der Waals surface area contributed by atoms with E-state index in [1.807, 2.05) is 12.1 Å². The molecule has 0 fully saturated rings. The smallest absolute Gasteiger partial charge is 0.341 e. The van der Waals surface area contributed by atoms with Crippen LogP contribution in [0.15, 0.2) is 76.1 Å². The Bertz CT molecular complexity index is 1330. The summed E-state index contributed by atoms with van der Waals surface area (Å²) in [5, 5.41) is 10.3. The van der Waals surface area contributed by atoms with Crippen LogP contribution in [-0.4, -0.2) is 30.1 Å². The molecule has 6 nitrogen and oxygen atoms in total. The van der Waals surface area contributed by atoms with Gasteiger partial charge in [0.25, 0.3) is 10.0 Å². The van der Waals surface area contributed by atoms with Crippen LogP contribution in [-0.2, 0) is 14.8 Å². The SMILES string of the molecule is O=C(O)COc1ccc2c3ccccc3n(S(=O)(=O)c3ccccc3Br)c2c1. The van der Waals surface area contributed by atoms with Crippen molar-refractivity contribution < 1.29 is 23.1 Å². The van der Waals surface area contributed by atoms with E-state index in [9.17, 15) is 13.2 Å². The molecule has 142 valence electrons. The molecule has 0 spiro atoms. The number of rotatable bonds is 5. The molecule has 8 heteroatoms. The van der Waals surface area contributed by atoms with Crippen molar-refractivity contribution in [2.75, 3.05) is 6.61 Å². The number of aromatic nitrogens is 1. The quantitative estimate of drug-likeness (QED) is 0.481. The average molecular weight is 460 g/mol. The zero-order valence-electron chi connectivity index (χ0n) is 14.4. The summed E-state index contributed by atoms with van der Waals surface area (Å²) in [6.45, 7) is -0.511. The Morgan fingerprint density at radius 3 is 2.39 bits per heavy atom. The maximum atomic E-state index is 13.5. The first-order chi connectivity index (χ1) is 13.4. The van der Waals surface area contributed by atoms with Crippen molar-refractivity contribution in [3.63, 3.8) is 0 Å². The third kappa shape index (κ3) is 3.04. The lowest BCUT2D eigenvalue weighted by Gasteiger charge is -2.11. The van der Waals surface area contributed by atoms with Crippen molar-refractivity contribution in [1.29, 1.82) is 0 Å². The molecule has 1 heterocycles. The van der Waals surface area contributed by atoms with Crippen LogP contribution in [0.2, 0.25) is 0 Å². The molecule has 0 aliphatic carbocycles. The lowest BCUT2D eigenvalue weighted by Crippen LogP contribution is -2.13. The van der Waals surface area contributed by atoms with Crippen LogP contribution in [0.25, 0.3) is 21.8 Å². The molecule has 0 aliphatic rings. The standard InChI is InChI=1S/C20H14BrNO5S/c21-16-6-2-4-8-19(16)28(25,26)22-17-7-3-1-5-14(17)15-10-9-13(11-18(15)22)27-12-20(23)24/h1-11H,12H2,(H,23,24). The van der Waals surface area contributed by atoms with E-state index in [0.29, 0.717) is 15.5 Å². The Balaban J connectivity index is 2.03. The third-order valence-electron chi connectivity index (χ3n) is 4.32. The molecule has 0 saturated heterocycles. The van der Waals surface area contributed by atoms with Gasteiger partial charge in [-0.1, -0.05) is 30.3 Å². The van der Waals surface area contributed by atoms with Crippen LogP contribution in [0.4, 0.5) is 0 Å². The highest BCUT2D eigenvalue weighted by atomic mass is 79.9. The summed E-state index contributed by atoms with van der Waals surface area (Å²) in [5.41, 5.74) is 0.948. The molecule has 0 aliphatic heterocycles. The molecule has 1 N–H and O–H groups in total. The molecular weight excluding hydrogens is 446 g/mol. The number of nitrogens with zero attached hydrogens (tertiary/aromatic N) is 1. The molecule has 0 atom stereocenters. The number of halogens is 1. The van der Waals surface area contributed by atoms with Gasteiger partial charge < -0.3 is 9.84 Å². The highest BCUT2D eigenvalue weighted by Gasteiger charge is 2.25. The van der Waals surface area contributed by atoms with E-state index in [4.69, 9.17) is 9.84 Å². The van der Waals surface area contributed by atoms with Crippen molar-refractivity contribution in [3.05, 3.63) is 71.2 Å². The molecule has 0 bridgehead atoms. The zero-order valence-corrected chi connectivity index (χ0v) is 16.8. The summed E-state index contributed by atoms with van der Waals surface area (Å²) in [5.74, 6) is -0.831. The van der Waals surface area contributed by atoms with Crippen LogP contribution < -0.4 is 4.74 Å². The number of ether oxygens (including phenoxy) is 1. The number of hydrogen-bond acceptors (Lipinski definition) is 4. The van der Waals surface area contributed by atoms with Gasteiger partial charge in [-0.2, -0.15) is 0 Å². The lowest BCUT2D eigenvalue weighted by molar-refractivity contribution is -0.139. The topological polar surface area (TPSA) is 85.6 Å². The Morgan fingerprint density at radius 1 is 0.964 bits per heavy atom. The molecule has 0 unspecified atom stereocenters. The van der Waals surface area contributed by atoms with E-state index in [-0.39, 0.29) is 10.6 Å². The summed E-state index contributed by atoms with van der Waals surface area (Å²) in [7, 11) is -3.93. The Kier molecular flexibility index (Phi) is 4.60. The van der Waals surface area contributed by atoms with Crippen LogP contribution >= 0.6 is 15.9 Å². The molecular formula is C20H14BrNO5S. The highest BCUT2D eigenvalue weighted by molar-refractivity contribution is 9.10. The second-order valence-corrected chi connectivity index (χ2v) is 8.69. The first kappa shape index (κ1) is 18.5. The fourth-order valence-corrected chi connectivity index (χ4v) is 5.65. The van der Waals surface area contributed by atoms with Gasteiger partial charge in [-0.05, 0) is 46.3 Å². The normalized spacial score (nSPS) is 11.8. The summed E-state index contributed by atoms with van der Waals surface area (Å²) in [4.78, 5) is 10.9. The van der Waals surface area contributed by atoms with Gasteiger partial charge in [0.15, 0.2) is 6.61 Å². The van der Waals surface area contributed by atoms with Gasteiger partial charge in [0.05, 0.1) is 11.0 Å². The molecule has 3 aromatic carbocycles. The van der Waals surface area contributed by atoms with Gasteiger partial charge in [0.1, 0.15) is 10.6 Å². The number of benzene rings is 3. The molecule has 0 amide bonds. The minimum Gasteiger partial charge on any atom is -0.482 e.